The summed E-state index contributed by atoms with van der Waals surface area (Å²) in [6, 6.07) is 5.37. The number of hydrogen-bond acceptors (Lipinski definition) is 4. The fourth-order valence-corrected chi connectivity index (χ4v) is 1.31. The van der Waals surface area contributed by atoms with Crippen LogP contribution in [-0.2, 0) is 0 Å². The average molecular weight is 213 g/mol. The van der Waals surface area contributed by atoms with Gasteiger partial charge in [0.1, 0.15) is 0 Å². The van der Waals surface area contributed by atoms with Crippen LogP contribution in [0.1, 0.15) is 5.69 Å². The highest BCUT2D eigenvalue weighted by Crippen LogP contribution is 2.10. The summed E-state index contributed by atoms with van der Waals surface area (Å²) in [5.41, 5.74) is 1.37. The van der Waals surface area contributed by atoms with E-state index in [-0.39, 0.29) is 5.71 Å². The number of hydrogen-bond donors (Lipinski definition) is 2. The molecule has 2 N–H and O–H groups in total. The van der Waals surface area contributed by atoms with Gasteiger partial charge in [0, 0.05) is 12.4 Å². The summed E-state index contributed by atoms with van der Waals surface area (Å²) >= 11 is 0. The molecule has 1 aromatic heterocycles. The Hall–Kier alpha value is -2.20. The minimum absolute atomic E-state index is 0.259. The second kappa shape index (κ2) is 4.55. The number of nitrogens with one attached hydrogen (secondary N) is 1. The van der Waals surface area contributed by atoms with Crippen molar-refractivity contribution in [3.63, 3.8) is 0 Å². The summed E-state index contributed by atoms with van der Waals surface area (Å²) in [6.45, 7) is 0. The van der Waals surface area contributed by atoms with Crippen LogP contribution in [0, 0.1) is 5.41 Å². The van der Waals surface area contributed by atoms with Crippen LogP contribution >= 0.6 is 0 Å². The second-order valence-electron chi connectivity index (χ2n) is 3.24. The van der Waals surface area contributed by atoms with Gasteiger partial charge >= 0.3 is 0 Å². The number of pyridine rings is 1. The van der Waals surface area contributed by atoms with E-state index in [0.717, 1.165) is 5.06 Å². The van der Waals surface area contributed by atoms with Crippen molar-refractivity contribution in [2.45, 2.75) is 0 Å². The van der Waals surface area contributed by atoms with Gasteiger partial charge in [0.25, 0.3) is 0 Å². The van der Waals surface area contributed by atoms with E-state index in [2.05, 4.69) is 4.98 Å². The first-order chi connectivity index (χ1) is 7.77. The number of hydroxylamine groups is 2. The molecular formula is C12H11N3O. The molecular weight excluding hydrogens is 202 g/mol. The normalized spacial score (nSPS) is 16.8. The molecule has 0 saturated carbocycles. The first-order valence-corrected chi connectivity index (χ1v) is 4.82. The van der Waals surface area contributed by atoms with E-state index in [9.17, 15) is 5.21 Å². The van der Waals surface area contributed by atoms with Crippen molar-refractivity contribution in [2.24, 2.45) is 0 Å². The van der Waals surface area contributed by atoms with Gasteiger partial charge in [-0.3, -0.25) is 15.6 Å². The fraction of sp³-hybridized carbons (Fsp3) is 0. The van der Waals surface area contributed by atoms with E-state index in [1.807, 2.05) is 6.07 Å². The highest BCUT2D eigenvalue weighted by molar-refractivity contribution is 6.05. The second-order valence-corrected chi connectivity index (χ2v) is 3.24. The molecule has 1 aromatic rings. The average Bonchev–Trinajstić information content (AvgIpc) is 2.33. The monoisotopic (exact) mass is 213 g/mol. The minimum atomic E-state index is 0.259. The van der Waals surface area contributed by atoms with Gasteiger partial charge in [-0.2, -0.15) is 0 Å². The van der Waals surface area contributed by atoms with E-state index in [4.69, 9.17) is 5.41 Å². The van der Waals surface area contributed by atoms with Crippen molar-refractivity contribution in [1.29, 1.82) is 5.41 Å². The highest BCUT2D eigenvalue weighted by Gasteiger charge is 2.05. The fourth-order valence-electron chi connectivity index (χ4n) is 1.31. The quantitative estimate of drug-likeness (QED) is 0.739. The Labute approximate surface area is 93.3 Å². The van der Waals surface area contributed by atoms with Crippen molar-refractivity contribution >= 4 is 5.71 Å². The first-order valence-electron chi connectivity index (χ1n) is 4.82. The van der Waals surface area contributed by atoms with Crippen LogP contribution < -0.4 is 0 Å². The van der Waals surface area contributed by atoms with E-state index >= 15 is 0 Å². The molecule has 0 spiro atoms. The molecule has 4 nitrogen and oxygen atoms in total. The molecule has 4 heteroatoms. The summed E-state index contributed by atoms with van der Waals surface area (Å²) in [5.74, 6) is 0. The Morgan fingerprint density at radius 3 is 2.94 bits per heavy atom. The predicted molar refractivity (Wildman–Crippen MR) is 61.1 cm³/mol. The van der Waals surface area contributed by atoms with Gasteiger partial charge < -0.3 is 0 Å². The van der Waals surface area contributed by atoms with Crippen molar-refractivity contribution in [3.8, 4) is 0 Å². The third-order valence-corrected chi connectivity index (χ3v) is 2.10. The number of rotatable bonds is 2. The van der Waals surface area contributed by atoms with Crippen LogP contribution in [0.2, 0.25) is 0 Å². The molecule has 2 heterocycles. The molecule has 1 aliphatic rings. The van der Waals surface area contributed by atoms with E-state index in [1.165, 1.54) is 6.20 Å². The molecule has 16 heavy (non-hydrogen) atoms. The Morgan fingerprint density at radius 1 is 1.38 bits per heavy atom. The molecule has 0 saturated heterocycles. The smallest absolute Gasteiger partial charge is 0.0879 e. The largest absolute Gasteiger partial charge is 0.299 e. The zero-order valence-corrected chi connectivity index (χ0v) is 8.54. The number of allylic oxidation sites excluding steroid dienone is 4. The predicted octanol–water partition coefficient (Wildman–Crippen LogP) is 2.11. The number of nitrogens with zero attached hydrogens (tertiary/aromatic N) is 2. The number of aromatic nitrogens is 1. The van der Waals surface area contributed by atoms with Crippen molar-refractivity contribution in [2.75, 3.05) is 0 Å². The summed E-state index contributed by atoms with van der Waals surface area (Å²) in [7, 11) is 0. The maximum absolute atomic E-state index is 9.47. The van der Waals surface area contributed by atoms with Gasteiger partial charge in [0.05, 0.1) is 17.1 Å². The van der Waals surface area contributed by atoms with Gasteiger partial charge in [-0.25, -0.2) is 5.06 Å². The Kier molecular flexibility index (Phi) is 2.93. The molecule has 0 aliphatic carbocycles. The van der Waals surface area contributed by atoms with Gasteiger partial charge in [0.2, 0.25) is 0 Å². The topological polar surface area (TPSA) is 60.2 Å². The van der Waals surface area contributed by atoms with E-state index < -0.39 is 0 Å². The van der Waals surface area contributed by atoms with E-state index in [0.29, 0.717) is 11.4 Å². The molecule has 0 aromatic carbocycles. The maximum Gasteiger partial charge on any atom is 0.0879 e. The minimum Gasteiger partial charge on any atom is -0.299 e. The Morgan fingerprint density at radius 2 is 2.25 bits per heavy atom. The molecule has 0 radical (unpaired) electrons. The molecule has 0 amide bonds. The maximum atomic E-state index is 9.47. The van der Waals surface area contributed by atoms with Crippen LogP contribution in [0.15, 0.2) is 60.6 Å². The first kappa shape index (κ1) is 10.3. The third-order valence-electron chi connectivity index (χ3n) is 2.10. The van der Waals surface area contributed by atoms with Crippen LogP contribution in [0.3, 0.4) is 0 Å². The van der Waals surface area contributed by atoms with Crippen LogP contribution in [-0.4, -0.2) is 21.0 Å². The summed E-state index contributed by atoms with van der Waals surface area (Å²) < 4.78 is 0. The lowest BCUT2D eigenvalue weighted by atomic mass is 10.2. The van der Waals surface area contributed by atoms with Crippen molar-refractivity contribution in [1.82, 2.24) is 10.0 Å². The van der Waals surface area contributed by atoms with Crippen molar-refractivity contribution in [3.05, 3.63) is 66.3 Å². The highest BCUT2D eigenvalue weighted by atomic mass is 16.5. The summed E-state index contributed by atoms with van der Waals surface area (Å²) in [4.78, 5) is 4.06. The summed E-state index contributed by atoms with van der Waals surface area (Å²) in [6.07, 6.45) is 9.93. The molecule has 1 aliphatic heterocycles. The van der Waals surface area contributed by atoms with Gasteiger partial charge in [0.15, 0.2) is 0 Å². The van der Waals surface area contributed by atoms with Crippen LogP contribution in [0.25, 0.3) is 0 Å². The summed E-state index contributed by atoms with van der Waals surface area (Å²) in [5, 5.41) is 18.3. The SMILES string of the molecule is N=C(C=C1C=CC=CN1O)c1ccccn1. The molecule has 80 valence electrons. The van der Waals surface area contributed by atoms with Crippen molar-refractivity contribution < 1.29 is 5.21 Å². The van der Waals surface area contributed by atoms with Crippen LogP contribution in [0.5, 0.6) is 0 Å². The lowest BCUT2D eigenvalue weighted by Crippen LogP contribution is -2.13. The lowest BCUT2D eigenvalue weighted by Gasteiger charge is -2.15. The van der Waals surface area contributed by atoms with Gasteiger partial charge in [-0.15, -0.1) is 0 Å². The molecule has 0 unspecified atom stereocenters. The zero-order chi connectivity index (χ0) is 11.4. The standard InChI is InChI=1S/C12H11N3O/c13-11(12-6-1-3-7-14-12)9-10-5-2-4-8-15(10)16/h1-9,13,16H. The molecule has 0 fully saturated rings. The molecule has 0 atom stereocenters. The zero-order valence-electron chi connectivity index (χ0n) is 8.54. The van der Waals surface area contributed by atoms with Crippen LogP contribution in [0.4, 0.5) is 0 Å². The van der Waals surface area contributed by atoms with Gasteiger partial charge in [-0.05, 0) is 30.4 Å². The van der Waals surface area contributed by atoms with Gasteiger partial charge in [-0.1, -0.05) is 12.1 Å². The molecule has 0 bridgehead atoms. The lowest BCUT2D eigenvalue weighted by molar-refractivity contribution is -0.0000705. The third kappa shape index (κ3) is 2.24. The Bertz CT molecular complexity index is 474. The molecule has 2 rings (SSSR count). The van der Waals surface area contributed by atoms with E-state index in [1.54, 1.807) is 42.6 Å². The Balaban J connectivity index is 2.22.